The highest BCUT2D eigenvalue weighted by atomic mass is 32.2. The van der Waals surface area contributed by atoms with Crippen LogP contribution in [-0.2, 0) is 9.59 Å². The van der Waals surface area contributed by atoms with Gasteiger partial charge in [-0.05, 0) is 12.8 Å². The van der Waals surface area contributed by atoms with Crippen molar-refractivity contribution in [2.24, 2.45) is 0 Å². The topological polar surface area (TPSA) is 77.8 Å². The first kappa shape index (κ1) is 18.8. The van der Waals surface area contributed by atoms with Gasteiger partial charge in [-0.3, -0.25) is 14.5 Å². The van der Waals surface area contributed by atoms with Crippen LogP contribution in [0.15, 0.2) is 0 Å². The van der Waals surface area contributed by atoms with Gasteiger partial charge in [0.15, 0.2) is 0 Å². The van der Waals surface area contributed by atoms with E-state index >= 15 is 0 Å². The van der Waals surface area contributed by atoms with Crippen LogP contribution in [0, 0.1) is 0 Å². The number of hydrogen-bond acceptors (Lipinski definition) is 6. The molecule has 5 nitrogen and oxygen atoms in total. The Labute approximate surface area is 134 Å². The minimum atomic E-state index is -0.675. The maximum Gasteiger partial charge on any atom is 0.231 e. The molecule has 2 amide bonds. The van der Waals surface area contributed by atoms with Crippen LogP contribution < -0.4 is 0 Å². The summed E-state index contributed by atoms with van der Waals surface area (Å²) >= 11 is 2.90. The van der Waals surface area contributed by atoms with Crippen molar-refractivity contribution < 1.29 is 19.8 Å². The van der Waals surface area contributed by atoms with Gasteiger partial charge in [0, 0.05) is 24.3 Å². The van der Waals surface area contributed by atoms with Gasteiger partial charge in [0.25, 0.3) is 0 Å². The lowest BCUT2D eigenvalue weighted by Gasteiger charge is -2.39. The second-order valence-electron chi connectivity index (χ2n) is 4.94. The Morgan fingerprint density at radius 1 is 1.05 bits per heavy atom. The minimum Gasteiger partial charge on any atom is -0.396 e. The van der Waals surface area contributed by atoms with Crippen LogP contribution in [0.1, 0.15) is 45.4 Å². The zero-order chi connectivity index (χ0) is 15.7. The van der Waals surface area contributed by atoms with Gasteiger partial charge in [0.2, 0.25) is 11.8 Å². The Balaban J connectivity index is 2.95. The molecule has 0 bridgehead atoms. The van der Waals surface area contributed by atoms with Crippen molar-refractivity contribution in [3.05, 3.63) is 0 Å². The van der Waals surface area contributed by atoms with Gasteiger partial charge in [-0.15, -0.1) is 23.5 Å². The first-order valence-electron chi connectivity index (χ1n) is 7.46. The van der Waals surface area contributed by atoms with E-state index in [1.165, 1.54) is 28.4 Å². The molecule has 1 fully saturated rings. The summed E-state index contributed by atoms with van der Waals surface area (Å²) in [5.41, 5.74) is 0. The molecule has 0 saturated carbocycles. The number of aliphatic hydroxyl groups is 2. The molecule has 0 unspecified atom stereocenters. The van der Waals surface area contributed by atoms with Crippen molar-refractivity contribution in [2.45, 2.75) is 49.7 Å². The molecule has 1 heterocycles. The van der Waals surface area contributed by atoms with E-state index in [0.29, 0.717) is 17.9 Å². The number of likely N-dealkylation sites (tertiary alicyclic amines) is 1. The number of unbranched alkanes of at least 4 members (excludes halogenated alkanes) is 2. The van der Waals surface area contributed by atoms with Crippen LogP contribution in [0.2, 0.25) is 0 Å². The van der Waals surface area contributed by atoms with Crippen molar-refractivity contribution in [1.29, 1.82) is 0 Å². The largest absolute Gasteiger partial charge is 0.396 e. The van der Waals surface area contributed by atoms with Crippen LogP contribution >= 0.6 is 23.5 Å². The highest BCUT2D eigenvalue weighted by Gasteiger charge is 2.46. The molecule has 0 spiro atoms. The number of amides is 2. The zero-order valence-corrected chi connectivity index (χ0v) is 14.2. The summed E-state index contributed by atoms with van der Waals surface area (Å²) in [4.78, 5) is 25.7. The van der Waals surface area contributed by atoms with Gasteiger partial charge in [0.1, 0.15) is 4.20 Å². The van der Waals surface area contributed by atoms with E-state index in [4.69, 9.17) is 10.2 Å². The summed E-state index contributed by atoms with van der Waals surface area (Å²) in [6, 6.07) is 0. The molecule has 0 aromatic heterocycles. The van der Waals surface area contributed by atoms with Crippen molar-refractivity contribution in [2.75, 3.05) is 24.7 Å². The van der Waals surface area contributed by atoms with Crippen LogP contribution in [0.3, 0.4) is 0 Å². The first-order chi connectivity index (χ1) is 10.1. The molecule has 2 N–H and O–H groups in total. The van der Waals surface area contributed by atoms with E-state index in [9.17, 15) is 9.59 Å². The average molecular weight is 335 g/mol. The van der Waals surface area contributed by atoms with Crippen LogP contribution in [0.4, 0.5) is 0 Å². The predicted molar refractivity (Wildman–Crippen MR) is 87.0 cm³/mol. The number of carbonyl (C=O) groups is 2. The number of nitrogens with zero attached hydrogens (tertiary/aromatic N) is 1. The fourth-order valence-electron chi connectivity index (χ4n) is 2.39. The van der Waals surface area contributed by atoms with Crippen LogP contribution in [-0.4, -0.2) is 55.8 Å². The Bertz CT molecular complexity index is 328. The SMILES string of the molecule is CCCCCC(SCCO)(SCCO)N1C(=O)CCC1=O. The molecule has 1 aliphatic rings. The number of imide groups is 1. The van der Waals surface area contributed by atoms with E-state index in [-0.39, 0.29) is 37.9 Å². The smallest absolute Gasteiger partial charge is 0.231 e. The lowest BCUT2D eigenvalue weighted by atomic mass is 10.2. The first-order valence-corrected chi connectivity index (χ1v) is 9.44. The second-order valence-corrected chi connectivity index (χ2v) is 7.94. The standard InChI is InChI=1S/C14H25NO4S2/c1-2-3-4-7-14(20-10-8-16,21-11-9-17)15-12(18)5-6-13(15)19/h16-17H,2-11H2,1H3. The monoisotopic (exact) mass is 335 g/mol. The molecule has 0 radical (unpaired) electrons. The quantitative estimate of drug-likeness (QED) is 0.341. The summed E-state index contributed by atoms with van der Waals surface area (Å²) in [7, 11) is 0. The lowest BCUT2D eigenvalue weighted by Crippen LogP contribution is -2.47. The van der Waals surface area contributed by atoms with Gasteiger partial charge in [-0.25, -0.2) is 0 Å². The molecule has 0 aliphatic carbocycles. The summed E-state index contributed by atoms with van der Waals surface area (Å²) in [5.74, 6) is 0.684. The molecular formula is C14H25NO4S2. The number of aliphatic hydroxyl groups excluding tert-OH is 2. The van der Waals surface area contributed by atoms with E-state index in [2.05, 4.69) is 6.92 Å². The fraction of sp³-hybridized carbons (Fsp3) is 0.857. The summed E-state index contributed by atoms with van der Waals surface area (Å²) < 4.78 is -0.675. The van der Waals surface area contributed by atoms with Gasteiger partial charge < -0.3 is 10.2 Å². The van der Waals surface area contributed by atoms with Crippen LogP contribution in [0.25, 0.3) is 0 Å². The molecule has 0 aromatic carbocycles. The number of carbonyl (C=O) groups excluding carboxylic acids is 2. The molecule has 21 heavy (non-hydrogen) atoms. The van der Waals surface area contributed by atoms with E-state index < -0.39 is 4.20 Å². The molecule has 1 rings (SSSR count). The summed E-state index contributed by atoms with van der Waals surface area (Å²) in [6.45, 7) is 2.13. The van der Waals surface area contributed by atoms with Crippen LogP contribution in [0.5, 0.6) is 0 Å². The molecular weight excluding hydrogens is 310 g/mol. The van der Waals surface area contributed by atoms with Crippen molar-refractivity contribution in [3.63, 3.8) is 0 Å². The summed E-state index contributed by atoms with van der Waals surface area (Å²) in [6.07, 6.45) is 4.27. The Morgan fingerprint density at radius 2 is 1.57 bits per heavy atom. The molecule has 7 heteroatoms. The third kappa shape index (κ3) is 5.16. The third-order valence-corrected chi connectivity index (χ3v) is 6.48. The maximum atomic E-state index is 12.1. The maximum absolute atomic E-state index is 12.1. The molecule has 1 aliphatic heterocycles. The van der Waals surface area contributed by atoms with Crippen molar-refractivity contribution >= 4 is 35.3 Å². The highest BCUT2D eigenvalue weighted by Crippen LogP contribution is 2.46. The molecule has 122 valence electrons. The Morgan fingerprint density at radius 3 is 2.00 bits per heavy atom. The van der Waals surface area contributed by atoms with Gasteiger partial charge in [0.05, 0.1) is 13.2 Å². The minimum absolute atomic E-state index is 0.0100. The number of rotatable bonds is 11. The average Bonchev–Trinajstić information content (AvgIpc) is 2.82. The second kappa shape index (κ2) is 9.71. The van der Waals surface area contributed by atoms with Crippen molar-refractivity contribution in [1.82, 2.24) is 4.90 Å². The van der Waals surface area contributed by atoms with E-state index in [1.54, 1.807) is 0 Å². The third-order valence-electron chi connectivity index (χ3n) is 3.33. The highest BCUT2D eigenvalue weighted by molar-refractivity contribution is 8.18. The van der Waals surface area contributed by atoms with Gasteiger partial charge in [-0.2, -0.15) is 0 Å². The Kier molecular flexibility index (Phi) is 8.70. The zero-order valence-electron chi connectivity index (χ0n) is 12.5. The Hall–Kier alpha value is -0.240. The van der Waals surface area contributed by atoms with Gasteiger partial charge in [-0.1, -0.05) is 19.8 Å². The molecule has 0 atom stereocenters. The molecule has 1 saturated heterocycles. The normalized spacial score (nSPS) is 16.0. The number of thioether (sulfide) groups is 2. The molecule has 0 aromatic rings. The summed E-state index contributed by atoms with van der Waals surface area (Å²) in [5, 5.41) is 18.3. The van der Waals surface area contributed by atoms with Gasteiger partial charge >= 0.3 is 0 Å². The number of hydrogen-bond donors (Lipinski definition) is 2. The predicted octanol–water partition coefficient (Wildman–Crippen LogP) is 1.82. The van der Waals surface area contributed by atoms with Crippen molar-refractivity contribution in [3.8, 4) is 0 Å². The van der Waals surface area contributed by atoms with E-state index in [1.807, 2.05) is 0 Å². The fourth-order valence-corrected chi connectivity index (χ4v) is 5.29. The lowest BCUT2D eigenvalue weighted by molar-refractivity contribution is -0.140. The van der Waals surface area contributed by atoms with E-state index in [0.717, 1.165) is 19.3 Å².